The van der Waals surface area contributed by atoms with Gasteiger partial charge < -0.3 is 5.32 Å². The van der Waals surface area contributed by atoms with Crippen LogP contribution in [0, 0.1) is 0 Å². The summed E-state index contributed by atoms with van der Waals surface area (Å²) < 4.78 is 0. The first-order valence-electron chi connectivity index (χ1n) is 7.99. The summed E-state index contributed by atoms with van der Waals surface area (Å²) in [5, 5.41) is 4.13. The smallest absolute Gasteiger partial charge is 0.220 e. The van der Waals surface area contributed by atoms with E-state index in [4.69, 9.17) is 23.2 Å². The molecule has 0 fully saturated rings. The van der Waals surface area contributed by atoms with Gasteiger partial charge in [-0.15, -0.1) is 0 Å². The minimum Gasteiger partial charge on any atom is -0.355 e. The molecule has 0 radical (unpaired) electrons. The first kappa shape index (κ1) is 18.8. The number of carbonyl (C=O) groups excluding carboxylic acids is 1. The van der Waals surface area contributed by atoms with Gasteiger partial charge in [0, 0.05) is 30.8 Å². The van der Waals surface area contributed by atoms with Crippen LogP contribution in [-0.2, 0) is 16.6 Å². The minimum atomic E-state index is -0.123. The van der Waals surface area contributed by atoms with Crippen LogP contribution >= 0.6 is 23.2 Å². The Bertz CT molecular complexity index is 687. The lowest BCUT2D eigenvalue weighted by molar-refractivity contribution is -0.121. The van der Waals surface area contributed by atoms with Crippen LogP contribution in [0.5, 0.6) is 0 Å². The average Bonchev–Trinajstić information content (AvgIpc) is 2.57. The highest BCUT2D eigenvalue weighted by molar-refractivity contribution is 6.42. The summed E-state index contributed by atoms with van der Waals surface area (Å²) in [6.07, 6.45) is 5.62. The third-order valence-electron chi connectivity index (χ3n) is 4.04. The van der Waals surface area contributed by atoms with Gasteiger partial charge in [0.1, 0.15) is 0 Å². The Labute approximate surface area is 153 Å². The fourth-order valence-electron chi connectivity index (χ4n) is 2.46. The molecule has 3 nitrogen and oxygen atoms in total. The number of hydrogen-bond acceptors (Lipinski definition) is 2. The molecule has 128 valence electrons. The maximum Gasteiger partial charge on any atom is 0.220 e. The van der Waals surface area contributed by atoms with E-state index in [9.17, 15) is 4.79 Å². The topological polar surface area (TPSA) is 42.0 Å². The molecule has 1 aromatic carbocycles. The van der Waals surface area contributed by atoms with E-state index in [1.54, 1.807) is 18.5 Å². The summed E-state index contributed by atoms with van der Waals surface area (Å²) in [6, 6.07) is 9.55. The molecular formula is C19H22Cl2N2O. The number of aryl methyl sites for hydroxylation is 1. The zero-order valence-corrected chi connectivity index (χ0v) is 15.5. The van der Waals surface area contributed by atoms with Gasteiger partial charge in [0.15, 0.2) is 0 Å². The molecule has 2 rings (SSSR count). The van der Waals surface area contributed by atoms with Crippen molar-refractivity contribution in [2.75, 3.05) is 6.54 Å². The molecule has 0 aliphatic carbocycles. The number of amides is 1. The van der Waals surface area contributed by atoms with Crippen molar-refractivity contribution in [2.45, 2.75) is 38.5 Å². The summed E-state index contributed by atoms with van der Waals surface area (Å²) in [5.41, 5.74) is 2.13. The number of carbonyl (C=O) groups is 1. The molecule has 2 aromatic rings. The lowest BCUT2D eigenvalue weighted by Crippen LogP contribution is -2.36. The van der Waals surface area contributed by atoms with Gasteiger partial charge in [-0.25, -0.2) is 0 Å². The molecule has 0 saturated carbocycles. The van der Waals surface area contributed by atoms with Crippen LogP contribution in [0.4, 0.5) is 0 Å². The van der Waals surface area contributed by atoms with Crippen molar-refractivity contribution in [3.05, 3.63) is 63.9 Å². The standard InChI is InChI=1S/C19H22Cl2N2O/c1-19(2,15-8-10-22-11-9-15)13-23-18(24)5-3-4-14-6-7-16(20)17(21)12-14/h6-12H,3-5,13H2,1-2H3,(H,23,24). The van der Waals surface area contributed by atoms with Crippen molar-refractivity contribution in [3.8, 4) is 0 Å². The van der Waals surface area contributed by atoms with E-state index >= 15 is 0 Å². The fourth-order valence-corrected chi connectivity index (χ4v) is 2.78. The number of halogens is 2. The van der Waals surface area contributed by atoms with Crippen LogP contribution in [0.2, 0.25) is 10.0 Å². The summed E-state index contributed by atoms with van der Waals surface area (Å²) in [5.74, 6) is 0.0668. The normalized spacial score (nSPS) is 11.3. The maximum atomic E-state index is 12.1. The average molecular weight is 365 g/mol. The second kappa shape index (κ2) is 8.50. The third-order valence-corrected chi connectivity index (χ3v) is 4.78. The monoisotopic (exact) mass is 364 g/mol. The maximum absolute atomic E-state index is 12.1. The molecule has 1 aromatic heterocycles. The van der Waals surface area contributed by atoms with Gasteiger partial charge in [0.05, 0.1) is 10.0 Å². The van der Waals surface area contributed by atoms with Crippen molar-refractivity contribution in [2.24, 2.45) is 0 Å². The molecule has 0 aliphatic rings. The predicted octanol–water partition coefficient (Wildman–Crippen LogP) is 4.81. The van der Waals surface area contributed by atoms with Crippen molar-refractivity contribution in [1.29, 1.82) is 0 Å². The largest absolute Gasteiger partial charge is 0.355 e. The molecule has 0 bridgehead atoms. The van der Waals surface area contributed by atoms with E-state index in [2.05, 4.69) is 24.1 Å². The molecule has 1 N–H and O–H groups in total. The van der Waals surface area contributed by atoms with E-state index in [1.807, 2.05) is 24.3 Å². The molecule has 0 aliphatic heterocycles. The van der Waals surface area contributed by atoms with Crippen LogP contribution in [-0.4, -0.2) is 17.4 Å². The number of rotatable bonds is 7. The Morgan fingerprint density at radius 2 is 1.83 bits per heavy atom. The van der Waals surface area contributed by atoms with Crippen molar-refractivity contribution in [1.82, 2.24) is 10.3 Å². The molecule has 5 heteroatoms. The van der Waals surface area contributed by atoms with Crippen molar-refractivity contribution >= 4 is 29.1 Å². The third kappa shape index (κ3) is 5.50. The summed E-state index contributed by atoms with van der Waals surface area (Å²) >= 11 is 11.9. The summed E-state index contributed by atoms with van der Waals surface area (Å²) in [6.45, 7) is 4.82. The Balaban J connectivity index is 1.76. The van der Waals surface area contributed by atoms with Crippen LogP contribution in [0.15, 0.2) is 42.7 Å². The number of hydrogen-bond donors (Lipinski definition) is 1. The van der Waals surface area contributed by atoms with Crippen LogP contribution < -0.4 is 5.32 Å². The highest BCUT2D eigenvalue weighted by Gasteiger charge is 2.21. The summed E-state index contributed by atoms with van der Waals surface area (Å²) in [7, 11) is 0. The van der Waals surface area contributed by atoms with Crippen LogP contribution in [0.3, 0.4) is 0 Å². The molecule has 0 saturated heterocycles. The molecule has 0 spiro atoms. The van der Waals surface area contributed by atoms with Gasteiger partial charge >= 0.3 is 0 Å². The first-order valence-corrected chi connectivity index (χ1v) is 8.75. The number of pyridine rings is 1. The molecular weight excluding hydrogens is 343 g/mol. The van der Waals surface area contributed by atoms with E-state index < -0.39 is 0 Å². The van der Waals surface area contributed by atoms with Crippen molar-refractivity contribution in [3.63, 3.8) is 0 Å². The Morgan fingerprint density at radius 1 is 1.12 bits per heavy atom. The first-order chi connectivity index (χ1) is 11.4. The van der Waals surface area contributed by atoms with Gasteiger partial charge in [0.25, 0.3) is 0 Å². The number of aromatic nitrogens is 1. The molecule has 24 heavy (non-hydrogen) atoms. The Morgan fingerprint density at radius 3 is 2.50 bits per heavy atom. The van der Waals surface area contributed by atoms with Gasteiger partial charge in [-0.1, -0.05) is 43.1 Å². The number of nitrogens with one attached hydrogen (secondary N) is 1. The molecule has 0 atom stereocenters. The highest BCUT2D eigenvalue weighted by Crippen LogP contribution is 2.23. The summed E-state index contributed by atoms with van der Waals surface area (Å²) in [4.78, 5) is 16.1. The van der Waals surface area contributed by atoms with E-state index in [0.29, 0.717) is 23.0 Å². The van der Waals surface area contributed by atoms with Crippen molar-refractivity contribution < 1.29 is 4.79 Å². The van der Waals surface area contributed by atoms with E-state index in [0.717, 1.165) is 24.0 Å². The van der Waals surface area contributed by atoms with E-state index in [-0.39, 0.29) is 11.3 Å². The van der Waals surface area contributed by atoms with Crippen LogP contribution in [0.1, 0.15) is 37.8 Å². The molecule has 0 unspecified atom stereocenters. The number of nitrogens with zero attached hydrogens (tertiary/aromatic N) is 1. The number of benzene rings is 1. The second-order valence-corrected chi connectivity index (χ2v) is 7.31. The highest BCUT2D eigenvalue weighted by atomic mass is 35.5. The van der Waals surface area contributed by atoms with Gasteiger partial charge in [-0.05, 0) is 48.2 Å². The molecule has 1 amide bonds. The van der Waals surface area contributed by atoms with Gasteiger partial charge in [-0.2, -0.15) is 0 Å². The fraction of sp³-hybridized carbons (Fsp3) is 0.368. The zero-order chi connectivity index (χ0) is 17.6. The SMILES string of the molecule is CC(C)(CNC(=O)CCCc1ccc(Cl)c(Cl)c1)c1ccncc1. The van der Waals surface area contributed by atoms with Crippen LogP contribution in [0.25, 0.3) is 0 Å². The second-order valence-electron chi connectivity index (χ2n) is 6.50. The lowest BCUT2D eigenvalue weighted by atomic mass is 9.85. The Kier molecular flexibility index (Phi) is 6.64. The quantitative estimate of drug-likeness (QED) is 0.765. The zero-order valence-electron chi connectivity index (χ0n) is 14.0. The minimum absolute atomic E-state index is 0.0668. The van der Waals surface area contributed by atoms with E-state index in [1.165, 1.54) is 0 Å². The van der Waals surface area contributed by atoms with Gasteiger partial charge in [-0.3, -0.25) is 9.78 Å². The van der Waals surface area contributed by atoms with Gasteiger partial charge in [0.2, 0.25) is 5.91 Å². The molecule has 1 heterocycles. The lowest BCUT2D eigenvalue weighted by Gasteiger charge is -2.25. The predicted molar refractivity (Wildman–Crippen MR) is 99.7 cm³/mol. The Hall–Kier alpha value is -1.58.